The monoisotopic (exact) mass is 390 g/mol. The van der Waals surface area contributed by atoms with Crippen LogP contribution in [-0.2, 0) is 11.2 Å². The van der Waals surface area contributed by atoms with Gasteiger partial charge in [-0.15, -0.1) is 0 Å². The number of anilines is 1. The molecule has 3 rings (SSSR count). The van der Waals surface area contributed by atoms with Crippen molar-refractivity contribution in [3.8, 4) is 0 Å². The van der Waals surface area contributed by atoms with Gasteiger partial charge in [-0.05, 0) is 43.8 Å². The summed E-state index contributed by atoms with van der Waals surface area (Å²) in [5.74, 6) is -3.79. The standard InChI is InChI=1S/C22H25F3N2O/c1-16(28)27(19-14-20(23)22(25)21(24)15-19)12-11-26-9-7-18(8-10-26)13-17-5-3-2-4-6-17/h2-6,14-15,18H,7-13H2,1H3. The Morgan fingerprint density at radius 1 is 1.07 bits per heavy atom. The van der Waals surface area contributed by atoms with E-state index in [-0.39, 0.29) is 11.6 Å². The van der Waals surface area contributed by atoms with Gasteiger partial charge in [-0.25, -0.2) is 13.2 Å². The highest BCUT2D eigenvalue weighted by molar-refractivity contribution is 5.91. The summed E-state index contributed by atoms with van der Waals surface area (Å²) < 4.78 is 40.2. The van der Waals surface area contributed by atoms with Crippen molar-refractivity contribution in [2.75, 3.05) is 31.1 Å². The highest BCUT2D eigenvalue weighted by Crippen LogP contribution is 2.23. The first-order valence-corrected chi connectivity index (χ1v) is 9.63. The third-order valence-electron chi connectivity index (χ3n) is 5.37. The molecule has 0 aliphatic carbocycles. The predicted molar refractivity (Wildman–Crippen MR) is 104 cm³/mol. The van der Waals surface area contributed by atoms with E-state index in [2.05, 4.69) is 29.2 Å². The van der Waals surface area contributed by atoms with Crippen molar-refractivity contribution >= 4 is 11.6 Å². The molecular formula is C22H25F3N2O. The van der Waals surface area contributed by atoms with Crippen LogP contribution in [0.4, 0.5) is 18.9 Å². The van der Waals surface area contributed by atoms with E-state index in [0.717, 1.165) is 44.5 Å². The van der Waals surface area contributed by atoms with Crippen LogP contribution in [-0.4, -0.2) is 37.0 Å². The highest BCUT2D eigenvalue weighted by atomic mass is 19.2. The van der Waals surface area contributed by atoms with E-state index < -0.39 is 17.5 Å². The molecule has 1 aliphatic rings. The Morgan fingerprint density at radius 3 is 2.25 bits per heavy atom. The van der Waals surface area contributed by atoms with Crippen molar-refractivity contribution in [3.05, 3.63) is 65.5 Å². The molecule has 2 aromatic rings. The molecule has 0 atom stereocenters. The van der Waals surface area contributed by atoms with Gasteiger partial charge in [-0.1, -0.05) is 30.3 Å². The first kappa shape index (κ1) is 20.4. The van der Waals surface area contributed by atoms with Crippen molar-refractivity contribution in [1.82, 2.24) is 4.90 Å². The minimum absolute atomic E-state index is 0.0443. The van der Waals surface area contributed by atoms with Gasteiger partial charge in [0.15, 0.2) is 17.5 Å². The summed E-state index contributed by atoms with van der Waals surface area (Å²) in [5.41, 5.74) is 1.40. The quantitative estimate of drug-likeness (QED) is 0.682. The zero-order chi connectivity index (χ0) is 20.1. The number of carbonyl (C=O) groups excluding carboxylic acids is 1. The number of carbonyl (C=O) groups is 1. The molecule has 0 bridgehead atoms. The fourth-order valence-electron chi connectivity index (χ4n) is 3.77. The summed E-state index contributed by atoms with van der Waals surface area (Å²) in [5, 5.41) is 0. The maximum absolute atomic E-state index is 13.5. The molecule has 1 aliphatic heterocycles. The van der Waals surface area contributed by atoms with Crippen molar-refractivity contribution < 1.29 is 18.0 Å². The molecule has 28 heavy (non-hydrogen) atoms. The van der Waals surface area contributed by atoms with Crippen LogP contribution in [0.1, 0.15) is 25.3 Å². The van der Waals surface area contributed by atoms with Gasteiger partial charge in [0, 0.05) is 37.8 Å². The number of amides is 1. The molecule has 0 unspecified atom stereocenters. The third kappa shape index (κ3) is 5.13. The van der Waals surface area contributed by atoms with E-state index in [1.165, 1.54) is 17.4 Å². The Hall–Kier alpha value is -2.34. The molecule has 3 nitrogen and oxygen atoms in total. The van der Waals surface area contributed by atoms with E-state index in [1.807, 2.05) is 6.07 Å². The molecule has 0 spiro atoms. The number of likely N-dealkylation sites (tertiary alicyclic amines) is 1. The van der Waals surface area contributed by atoms with Gasteiger partial charge in [0.2, 0.25) is 5.91 Å². The Labute approximate surface area is 163 Å². The number of benzene rings is 2. The van der Waals surface area contributed by atoms with E-state index in [1.54, 1.807) is 0 Å². The molecule has 0 saturated carbocycles. The SMILES string of the molecule is CC(=O)N(CCN1CCC(Cc2ccccc2)CC1)c1cc(F)c(F)c(F)c1. The van der Waals surface area contributed by atoms with Gasteiger partial charge in [-0.2, -0.15) is 0 Å². The molecule has 1 fully saturated rings. The van der Waals surface area contributed by atoms with Crippen LogP contribution in [0.2, 0.25) is 0 Å². The molecule has 2 aromatic carbocycles. The van der Waals surface area contributed by atoms with E-state index in [9.17, 15) is 18.0 Å². The van der Waals surface area contributed by atoms with Gasteiger partial charge in [0.05, 0.1) is 0 Å². The fraction of sp³-hybridized carbons (Fsp3) is 0.409. The lowest BCUT2D eigenvalue weighted by molar-refractivity contribution is -0.116. The molecule has 6 heteroatoms. The third-order valence-corrected chi connectivity index (χ3v) is 5.37. The number of nitrogens with zero attached hydrogens (tertiary/aromatic N) is 2. The molecule has 0 N–H and O–H groups in total. The number of hydrogen-bond acceptors (Lipinski definition) is 2. The van der Waals surface area contributed by atoms with E-state index in [0.29, 0.717) is 19.0 Å². The van der Waals surface area contributed by atoms with E-state index >= 15 is 0 Å². The minimum atomic E-state index is -1.52. The average molecular weight is 390 g/mol. The summed E-state index contributed by atoms with van der Waals surface area (Å²) >= 11 is 0. The highest BCUT2D eigenvalue weighted by Gasteiger charge is 2.22. The van der Waals surface area contributed by atoms with E-state index in [4.69, 9.17) is 0 Å². The van der Waals surface area contributed by atoms with Crippen LogP contribution in [0, 0.1) is 23.4 Å². The van der Waals surface area contributed by atoms with Crippen LogP contribution in [0.5, 0.6) is 0 Å². The molecule has 1 saturated heterocycles. The van der Waals surface area contributed by atoms with Crippen molar-refractivity contribution in [2.45, 2.75) is 26.2 Å². The van der Waals surface area contributed by atoms with Crippen LogP contribution >= 0.6 is 0 Å². The maximum atomic E-state index is 13.5. The normalized spacial score (nSPS) is 15.6. The van der Waals surface area contributed by atoms with Gasteiger partial charge < -0.3 is 9.80 Å². The second-order valence-corrected chi connectivity index (χ2v) is 7.37. The second kappa shape index (κ2) is 9.24. The summed E-state index contributed by atoms with van der Waals surface area (Å²) in [6.07, 6.45) is 3.23. The summed E-state index contributed by atoms with van der Waals surface area (Å²) in [4.78, 5) is 15.5. The maximum Gasteiger partial charge on any atom is 0.223 e. The largest absolute Gasteiger partial charge is 0.311 e. The van der Waals surface area contributed by atoms with Crippen molar-refractivity contribution in [3.63, 3.8) is 0 Å². The molecule has 0 radical (unpaired) electrons. The van der Waals surface area contributed by atoms with Gasteiger partial charge in [0.1, 0.15) is 0 Å². The zero-order valence-electron chi connectivity index (χ0n) is 16.0. The number of piperidine rings is 1. The van der Waals surface area contributed by atoms with Crippen LogP contribution in [0.3, 0.4) is 0 Å². The lowest BCUT2D eigenvalue weighted by Gasteiger charge is -2.33. The Kier molecular flexibility index (Phi) is 6.73. The number of halogens is 3. The summed E-state index contributed by atoms with van der Waals surface area (Å²) in [6, 6.07) is 12.2. The first-order chi connectivity index (χ1) is 13.4. The van der Waals surface area contributed by atoms with Gasteiger partial charge in [0.25, 0.3) is 0 Å². The summed E-state index contributed by atoms with van der Waals surface area (Å²) in [7, 11) is 0. The summed E-state index contributed by atoms with van der Waals surface area (Å²) in [6.45, 7) is 4.11. The van der Waals surface area contributed by atoms with Crippen LogP contribution in [0.15, 0.2) is 42.5 Å². The van der Waals surface area contributed by atoms with Crippen LogP contribution in [0.25, 0.3) is 0 Å². The lowest BCUT2D eigenvalue weighted by Crippen LogP contribution is -2.41. The molecule has 1 amide bonds. The molecular weight excluding hydrogens is 365 g/mol. The van der Waals surface area contributed by atoms with Crippen molar-refractivity contribution in [2.24, 2.45) is 5.92 Å². The van der Waals surface area contributed by atoms with Crippen LogP contribution < -0.4 is 4.90 Å². The Morgan fingerprint density at radius 2 is 1.68 bits per heavy atom. The number of rotatable bonds is 6. The van der Waals surface area contributed by atoms with Gasteiger partial charge >= 0.3 is 0 Å². The average Bonchev–Trinajstić information content (AvgIpc) is 2.68. The first-order valence-electron chi connectivity index (χ1n) is 9.63. The van der Waals surface area contributed by atoms with Gasteiger partial charge in [-0.3, -0.25) is 4.79 Å². The molecule has 150 valence electrons. The molecule has 1 heterocycles. The molecule has 0 aromatic heterocycles. The fourth-order valence-corrected chi connectivity index (χ4v) is 3.77. The Balaban J connectivity index is 1.53. The minimum Gasteiger partial charge on any atom is -0.311 e. The lowest BCUT2D eigenvalue weighted by atomic mass is 9.90. The smallest absolute Gasteiger partial charge is 0.223 e. The van der Waals surface area contributed by atoms with Crippen molar-refractivity contribution in [1.29, 1.82) is 0 Å². The Bertz CT molecular complexity index is 782. The zero-order valence-corrected chi connectivity index (χ0v) is 16.0. The second-order valence-electron chi connectivity index (χ2n) is 7.37. The number of hydrogen-bond donors (Lipinski definition) is 0. The topological polar surface area (TPSA) is 23.6 Å². The predicted octanol–water partition coefficient (Wildman–Crippen LogP) is 4.41.